The largest absolute Gasteiger partial charge is 0.490 e. The average Bonchev–Trinajstić information content (AvgIpc) is 2.86. The van der Waals surface area contributed by atoms with Gasteiger partial charge < -0.3 is 24.2 Å². The normalized spacial score (nSPS) is 24.3. The lowest BCUT2D eigenvalue weighted by Gasteiger charge is -2.37. The molecule has 0 radical (unpaired) electrons. The van der Waals surface area contributed by atoms with Crippen LogP contribution in [0.1, 0.15) is 12.8 Å². The molecule has 1 N–H and O–H groups in total. The standard InChI is InChI=1S/C20H28F2N2O5/c1-27-11-19(25)24-5-4-23(17-2-6-28-7-3-17)12-20(26,13-24)14-29-18-9-15(21)8-16(22)10-18/h8-10,17,26H,2-7,11-14H2,1H3/t20-/m1/s1. The van der Waals surface area contributed by atoms with Gasteiger partial charge in [0.25, 0.3) is 0 Å². The Labute approximate surface area is 169 Å². The van der Waals surface area contributed by atoms with Crippen LogP contribution >= 0.6 is 0 Å². The Morgan fingerprint density at radius 3 is 2.55 bits per heavy atom. The van der Waals surface area contributed by atoms with Gasteiger partial charge in [0.15, 0.2) is 0 Å². The van der Waals surface area contributed by atoms with Gasteiger partial charge in [0.05, 0.1) is 6.54 Å². The lowest BCUT2D eigenvalue weighted by molar-refractivity contribution is -0.138. The summed E-state index contributed by atoms with van der Waals surface area (Å²) in [5, 5.41) is 11.3. The Balaban J connectivity index is 1.75. The molecule has 3 rings (SSSR count). The average molecular weight is 414 g/mol. The minimum Gasteiger partial charge on any atom is -0.490 e. The van der Waals surface area contributed by atoms with Crippen LogP contribution in [0, 0.1) is 11.6 Å². The van der Waals surface area contributed by atoms with Crippen molar-refractivity contribution in [2.75, 3.05) is 59.7 Å². The zero-order valence-corrected chi connectivity index (χ0v) is 16.6. The van der Waals surface area contributed by atoms with E-state index in [0.29, 0.717) is 26.3 Å². The molecule has 2 heterocycles. The number of benzene rings is 1. The van der Waals surface area contributed by atoms with Crippen LogP contribution in [0.4, 0.5) is 8.78 Å². The van der Waals surface area contributed by atoms with Gasteiger partial charge in [-0.3, -0.25) is 9.69 Å². The van der Waals surface area contributed by atoms with E-state index in [0.717, 1.165) is 31.0 Å². The molecule has 0 saturated carbocycles. The highest BCUT2D eigenvalue weighted by Crippen LogP contribution is 2.23. The van der Waals surface area contributed by atoms with Crippen molar-refractivity contribution in [3.63, 3.8) is 0 Å². The van der Waals surface area contributed by atoms with E-state index in [9.17, 15) is 18.7 Å². The summed E-state index contributed by atoms with van der Waals surface area (Å²) in [6.45, 7) is 2.43. The number of rotatable bonds is 6. The fraction of sp³-hybridized carbons (Fsp3) is 0.650. The van der Waals surface area contributed by atoms with Crippen molar-refractivity contribution in [1.82, 2.24) is 9.80 Å². The quantitative estimate of drug-likeness (QED) is 0.750. The molecule has 2 aliphatic rings. The minimum atomic E-state index is -1.40. The van der Waals surface area contributed by atoms with Crippen LogP contribution < -0.4 is 4.74 Å². The van der Waals surface area contributed by atoms with Crippen molar-refractivity contribution in [3.8, 4) is 5.75 Å². The van der Waals surface area contributed by atoms with E-state index in [1.165, 1.54) is 7.11 Å². The highest BCUT2D eigenvalue weighted by molar-refractivity contribution is 5.77. The van der Waals surface area contributed by atoms with E-state index in [1.54, 1.807) is 4.90 Å². The van der Waals surface area contributed by atoms with Crippen LogP contribution in [0.25, 0.3) is 0 Å². The molecule has 2 fully saturated rings. The van der Waals surface area contributed by atoms with E-state index in [4.69, 9.17) is 14.2 Å². The van der Waals surface area contributed by atoms with Gasteiger partial charge in [-0.15, -0.1) is 0 Å². The van der Waals surface area contributed by atoms with E-state index in [-0.39, 0.29) is 44.0 Å². The number of methoxy groups -OCH3 is 1. The van der Waals surface area contributed by atoms with Gasteiger partial charge in [0.1, 0.15) is 36.2 Å². The van der Waals surface area contributed by atoms with Crippen molar-refractivity contribution >= 4 is 5.91 Å². The molecule has 1 aromatic carbocycles. The van der Waals surface area contributed by atoms with E-state index in [1.807, 2.05) is 0 Å². The van der Waals surface area contributed by atoms with Crippen LogP contribution in [0.3, 0.4) is 0 Å². The monoisotopic (exact) mass is 414 g/mol. The topological polar surface area (TPSA) is 71.5 Å². The number of β-amino-alcohol motifs (C(OH)–C–C–N with tert-alkyl or cyclic N) is 1. The predicted molar refractivity (Wildman–Crippen MR) is 101 cm³/mol. The molecular formula is C20H28F2N2O5. The van der Waals surface area contributed by atoms with Crippen LogP contribution in [0.2, 0.25) is 0 Å². The maximum absolute atomic E-state index is 13.4. The first-order valence-corrected chi connectivity index (χ1v) is 9.78. The SMILES string of the molecule is COCC(=O)N1CCN(C2CCOCC2)C[C@](O)(COc2cc(F)cc(F)c2)C1. The van der Waals surface area contributed by atoms with Crippen molar-refractivity contribution in [2.24, 2.45) is 0 Å². The molecule has 0 spiro atoms. The number of halogens is 2. The lowest BCUT2D eigenvalue weighted by Crippen LogP contribution is -2.54. The molecule has 0 aromatic heterocycles. The third-order valence-electron chi connectivity index (χ3n) is 5.31. The number of amides is 1. The van der Waals surface area contributed by atoms with E-state index < -0.39 is 17.2 Å². The summed E-state index contributed by atoms with van der Waals surface area (Å²) in [5.41, 5.74) is -1.40. The zero-order valence-electron chi connectivity index (χ0n) is 16.6. The van der Waals surface area contributed by atoms with Gasteiger partial charge >= 0.3 is 0 Å². The van der Waals surface area contributed by atoms with Crippen molar-refractivity contribution in [3.05, 3.63) is 29.8 Å². The van der Waals surface area contributed by atoms with Gasteiger partial charge in [0.2, 0.25) is 5.91 Å². The number of carbonyl (C=O) groups excluding carboxylic acids is 1. The predicted octanol–water partition coefficient (Wildman–Crippen LogP) is 1.04. The summed E-state index contributed by atoms with van der Waals surface area (Å²) in [5.74, 6) is -1.74. The molecule has 2 aliphatic heterocycles. The lowest BCUT2D eigenvalue weighted by atomic mass is 10.0. The van der Waals surface area contributed by atoms with Gasteiger partial charge in [-0.25, -0.2) is 8.78 Å². The Hall–Kier alpha value is -1.81. The molecule has 1 aromatic rings. The smallest absolute Gasteiger partial charge is 0.248 e. The Bertz CT molecular complexity index is 681. The van der Waals surface area contributed by atoms with Gasteiger partial charge in [-0.2, -0.15) is 0 Å². The summed E-state index contributed by atoms with van der Waals surface area (Å²) in [4.78, 5) is 16.1. The maximum Gasteiger partial charge on any atom is 0.248 e. The van der Waals surface area contributed by atoms with Crippen molar-refractivity contribution < 1.29 is 32.9 Å². The second-order valence-electron chi connectivity index (χ2n) is 7.68. The Kier molecular flexibility index (Phi) is 7.39. The van der Waals surface area contributed by atoms with Gasteiger partial charge in [-0.1, -0.05) is 0 Å². The second-order valence-corrected chi connectivity index (χ2v) is 7.68. The summed E-state index contributed by atoms with van der Waals surface area (Å²) in [7, 11) is 1.44. The fourth-order valence-corrected chi connectivity index (χ4v) is 3.90. The van der Waals surface area contributed by atoms with E-state index in [2.05, 4.69) is 4.90 Å². The number of hydrogen-bond acceptors (Lipinski definition) is 6. The molecular weight excluding hydrogens is 386 g/mol. The van der Waals surface area contributed by atoms with Crippen LogP contribution in [0.15, 0.2) is 18.2 Å². The first-order chi connectivity index (χ1) is 13.9. The molecule has 2 saturated heterocycles. The molecule has 29 heavy (non-hydrogen) atoms. The maximum atomic E-state index is 13.4. The first kappa shape index (κ1) is 21.9. The number of aliphatic hydroxyl groups is 1. The summed E-state index contributed by atoms with van der Waals surface area (Å²) in [6.07, 6.45) is 1.69. The molecule has 7 nitrogen and oxygen atoms in total. The summed E-state index contributed by atoms with van der Waals surface area (Å²) in [6, 6.07) is 3.12. The molecule has 0 unspecified atom stereocenters. The highest BCUT2D eigenvalue weighted by Gasteiger charge is 2.39. The molecule has 1 amide bonds. The highest BCUT2D eigenvalue weighted by atomic mass is 19.1. The fourth-order valence-electron chi connectivity index (χ4n) is 3.90. The van der Waals surface area contributed by atoms with Gasteiger partial charge in [-0.05, 0) is 12.8 Å². The number of nitrogens with zero attached hydrogens (tertiary/aromatic N) is 2. The van der Waals surface area contributed by atoms with Crippen LogP contribution in [0.5, 0.6) is 5.75 Å². The molecule has 162 valence electrons. The number of ether oxygens (including phenoxy) is 3. The molecule has 0 aliphatic carbocycles. The van der Waals surface area contributed by atoms with Crippen molar-refractivity contribution in [2.45, 2.75) is 24.5 Å². The molecule has 9 heteroatoms. The van der Waals surface area contributed by atoms with E-state index >= 15 is 0 Å². The first-order valence-electron chi connectivity index (χ1n) is 9.78. The minimum absolute atomic E-state index is 0.00689. The summed E-state index contributed by atoms with van der Waals surface area (Å²) < 4.78 is 42.8. The number of hydrogen-bond donors (Lipinski definition) is 1. The third-order valence-corrected chi connectivity index (χ3v) is 5.31. The summed E-state index contributed by atoms with van der Waals surface area (Å²) >= 11 is 0. The molecule has 0 bridgehead atoms. The van der Waals surface area contributed by atoms with Crippen molar-refractivity contribution in [1.29, 1.82) is 0 Å². The Morgan fingerprint density at radius 1 is 1.21 bits per heavy atom. The third kappa shape index (κ3) is 6.08. The van der Waals surface area contributed by atoms with Crippen LogP contribution in [-0.2, 0) is 14.3 Å². The van der Waals surface area contributed by atoms with Crippen LogP contribution in [-0.4, -0.2) is 92.2 Å². The Morgan fingerprint density at radius 2 is 1.90 bits per heavy atom. The second kappa shape index (κ2) is 9.80. The van der Waals surface area contributed by atoms with Gasteiger partial charge in [0, 0.05) is 64.2 Å². The molecule has 1 atom stereocenters. The zero-order chi connectivity index (χ0) is 20.9. The number of carbonyl (C=O) groups is 1.